The first-order chi connectivity index (χ1) is 21.7. The van der Waals surface area contributed by atoms with Crippen LogP contribution in [0.3, 0.4) is 0 Å². The molecule has 4 aromatic rings. The molecule has 0 aromatic heterocycles. The molecule has 1 N–H and O–H groups in total. The quantitative estimate of drug-likeness (QED) is 0.169. The van der Waals surface area contributed by atoms with Crippen LogP contribution in [0.25, 0.3) is 0 Å². The second-order valence-corrected chi connectivity index (χ2v) is 12.7. The van der Waals surface area contributed by atoms with Crippen molar-refractivity contribution in [3.05, 3.63) is 126 Å². The third-order valence-electron chi connectivity index (χ3n) is 7.54. The molecule has 8 nitrogen and oxygen atoms in total. The first kappa shape index (κ1) is 33.3. The number of amides is 2. The summed E-state index contributed by atoms with van der Waals surface area (Å²) in [6.07, 6.45) is 1.98. The number of anilines is 1. The van der Waals surface area contributed by atoms with Gasteiger partial charge < -0.3 is 15.0 Å². The van der Waals surface area contributed by atoms with Gasteiger partial charge >= 0.3 is 0 Å². The van der Waals surface area contributed by atoms with E-state index < -0.39 is 28.5 Å². The van der Waals surface area contributed by atoms with E-state index in [2.05, 4.69) is 5.32 Å². The van der Waals surface area contributed by atoms with Crippen molar-refractivity contribution in [1.82, 2.24) is 10.2 Å². The van der Waals surface area contributed by atoms with Crippen LogP contribution in [0.15, 0.2) is 114 Å². The summed E-state index contributed by atoms with van der Waals surface area (Å²) in [5.41, 5.74) is 3.01. The SMILES string of the molecule is CCCCNC(=O)C(Cc1ccccc1)N(Cc1ccccc1)C(=O)CN(c1ccc(C)cc1)S(=O)(=O)c1ccc(OC)cc1. The first-order valence-electron chi connectivity index (χ1n) is 15.1. The lowest BCUT2D eigenvalue weighted by molar-refractivity contribution is -0.140. The van der Waals surface area contributed by atoms with Crippen LogP contribution in [0.4, 0.5) is 5.69 Å². The predicted molar refractivity (Wildman–Crippen MR) is 178 cm³/mol. The molecule has 45 heavy (non-hydrogen) atoms. The van der Waals surface area contributed by atoms with E-state index in [1.165, 1.54) is 24.1 Å². The van der Waals surface area contributed by atoms with E-state index in [1.54, 1.807) is 36.4 Å². The Morgan fingerprint density at radius 3 is 2.00 bits per heavy atom. The van der Waals surface area contributed by atoms with Crippen molar-refractivity contribution in [1.29, 1.82) is 0 Å². The van der Waals surface area contributed by atoms with Crippen molar-refractivity contribution < 1.29 is 22.7 Å². The number of methoxy groups -OCH3 is 1. The highest BCUT2D eigenvalue weighted by Crippen LogP contribution is 2.26. The zero-order chi connectivity index (χ0) is 32.2. The number of hydrogen-bond acceptors (Lipinski definition) is 5. The summed E-state index contributed by atoms with van der Waals surface area (Å²) < 4.78 is 34.6. The van der Waals surface area contributed by atoms with E-state index in [-0.39, 0.29) is 23.8 Å². The molecule has 0 spiro atoms. The van der Waals surface area contributed by atoms with Crippen molar-refractivity contribution in [2.24, 2.45) is 0 Å². The number of carbonyl (C=O) groups excluding carboxylic acids is 2. The number of nitrogens with one attached hydrogen (secondary N) is 1. The Labute approximate surface area is 266 Å². The van der Waals surface area contributed by atoms with Gasteiger partial charge in [0.15, 0.2) is 0 Å². The fourth-order valence-electron chi connectivity index (χ4n) is 4.95. The Morgan fingerprint density at radius 1 is 0.822 bits per heavy atom. The average Bonchev–Trinajstić information content (AvgIpc) is 3.06. The maximum atomic E-state index is 14.5. The van der Waals surface area contributed by atoms with Crippen molar-refractivity contribution in [2.45, 2.75) is 50.6 Å². The maximum absolute atomic E-state index is 14.5. The molecule has 0 aliphatic carbocycles. The fraction of sp³-hybridized carbons (Fsp3) is 0.278. The van der Waals surface area contributed by atoms with Crippen LogP contribution in [0.2, 0.25) is 0 Å². The minimum atomic E-state index is -4.19. The molecule has 0 aliphatic rings. The van der Waals surface area contributed by atoms with Gasteiger partial charge in [0.25, 0.3) is 10.0 Å². The summed E-state index contributed by atoms with van der Waals surface area (Å²) in [6, 6.07) is 31.1. The van der Waals surface area contributed by atoms with Crippen LogP contribution < -0.4 is 14.4 Å². The minimum Gasteiger partial charge on any atom is -0.497 e. The topological polar surface area (TPSA) is 96.0 Å². The predicted octanol–water partition coefficient (Wildman–Crippen LogP) is 5.76. The van der Waals surface area contributed by atoms with Crippen LogP contribution in [-0.2, 0) is 32.6 Å². The monoisotopic (exact) mass is 627 g/mol. The lowest BCUT2D eigenvalue weighted by atomic mass is 10.0. The van der Waals surface area contributed by atoms with Crippen LogP contribution in [-0.4, -0.2) is 51.4 Å². The van der Waals surface area contributed by atoms with Gasteiger partial charge in [-0.25, -0.2) is 8.42 Å². The van der Waals surface area contributed by atoms with Crippen LogP contribution in [0.5, 0.6) is 5.75 Å². The number of nitrogens with zero attached hydrogens (tertiary/aromatic N) is 2. The highest BCUT2D eigenvalue weighted by molar-refractivity contribution is 7.92. The number of unbranched alkanes of at least 4 members (excludes halogenated alkanes) is 1. The Kier molecular flexibility index (Phi) is 11.8. The van der Waals surface area contributed by atoms with E-state index in [4.69, 9.17) is 4.74 Å². The van der Waals surface area contributed by atoms with Crippen molar-refractivity contribution in [3.63, 3.8) is 0 Å². The van der Waals surface area contributed by atoms with Gasteiger partial charge in [-0.15, -0.1) is 0 Å². The van der Waals surface area contributed by atoms with Gasteiger partial charge in [-0.05, 0) is 60.9 Å². The van der Waals surface area contributed by atoms with Gasteiger partial charge in [0, 0.05) is 19.5 Å². The lowest BCUT2D eigenvalue weighted by Gasteiger charge is -2.34. The molecule has 0 fully saturated rings. The number of rotatable bonds is 15. The largest absolute Gasteiger partial charge is 0.497 e. The average molecular weight is 628 g/mol. The standard InChI is InChI=1S/C36H41N3O5S/c1-4-5-24-37-36(41)34(25-29-12-8-6-9-13-29)38(26-30-14-10-7-11-15-30)35(40)27-39(31-18-16-28(2)17-19-31)45(42,43)33-22-20-32(44-3)21-23-33/h6-23,34H,4-5,24-27H2,1-3H3,(H,37,41). The van der Waals surface area contributed by atoms with Gasteiger partial charge in [-0.3, -0.25) is 13.9 Å². The van der Waals surface area contributed by atoms with Crippen LogP contribution in [0, 0.1) is 6.92 Å². The zero-order valence-electron chi connectivity index (χ0n) is 26.1. The molecular weight excluding hydrogens is 586 g/mol. The third kappa shape index (κ3) is 8.95. The van der Waals surface area contributed by atoms with Gasteiger partial charge in [0.05, 0.1) is 17.7 Å². The summed E-state index contributed by atoms with van der Waals surface area (Å²) in [7, 11) is -2.68. The number of benzene rings is 4. The summed E-state index contributed by atoms with van der Waals surface area (Å²) in [5.74, 6) is -0.265. The van der Waals surface area contributed by atoms with E-state index in [9.17, 15) is 18.0 Å². The smallest absolute Gasteiger partial charge is 0.264 e. The highest BCUT2D eigenvalue weighted by atomic mass is 32.2. The van der Waals surface area contributed by atoms with E-state index in [0.717, 1.165) is 33.8 Å². The molecule has 0 saturated heterocycles. The third-order valence-corrected chi connectivity index (χ3v) is 9.33. The van der Waals surface area contributed by atoms with Crippen molar-refractivity contribution in [2.75, 3.05) is 24.5 Å². The second-order valence-electron chi connectivity index (χ2n) is 10.9. The van der Waals surface area contributed by atoms with Crippen molar-refractivity contribution >= 4 is 27.5 Å². The number of aryl methyl sites for hydroxylation is 1. The molecule has 2 amide bonds. The molecule has 0 aliphatic heterocycles. The summed E-state index contributed by atoms with van der Waals surface area (Å²) in [4.78, 5) is 29.8. The number of sulfonamides is 1. The summed E-state index contributed by atoms with van der Waals surface area (Å²) in [6.45, 7) is 4.06. The normalized spacial score (nSPS) is 11.8. The molecule has 0 radical (unpaired) electrons. The van der Waals surface area contributed by atoms with Gasteiger partial charge in [-0.1, -0.05) is 91.7 Å². The number of ether oxygens (including phenoxy) is 1. The molecule has 1 unspecified atom stereocenters. The van der Waals surface area contributed by atoms with Crippen LogP contribution in [0.1, 0.15) is 36.5 Å². The molecule has 0 heterocycles. The highest BCUT2D eigenvalue weighted by Gasteiger charge is 2.34. The number of hydrogen-bond donors (Lipinski definition) is 1. The van der Waals surface area contributed by atoms with Gasteiger partial charge in [0.1, 0.15) is 18.3 Å². The molecule has 0 saturated carbocycles. The molecule has 0 bridgehead atoms. The minimum absolute atomic E-state index is 0.0180. The van der Waals surface area contributed by atoms with E-state index >= 15 is 0 Å². The first-order valence-corrected chi connectivity index (χ1v) is 16.6. The Bertz CT molecular complexity index is 1630. The molecule has 236 valence electrons. The number of carbonyl (C=O) groups is 2. The molecule has 4 rings (SSSR count). The lowest BCUT2D eigenvalue weighted by Crippen LogP contribution is -2.53. The van der Waals surface area contributed by atoms with Crippen molar-refractivity contribution in [3.8, 4) is 5.75 Å². The molecule has 1 atom stereocenters. The van der Waals surface area contributed by atoms with Gasteiger partial charge in [-0.2, -0.15) is 0 Å². The second kappa shape index (κ2) is 15.9. The summed E-state index contributed by atoms with van der Waals surface area (Å²) in [5, 5.41) is 3.01. The van der Waals surface area contributed by atoms with E-state index in [0.29, 0.717) is 18.0 Å². The van der Waals surface area contributed by atoms with Gasteiger partial charge in [0.2, 0.25) is 11.8 Å². The molecule has 4 aromatic carbocycles. The molecule has 9 heteroatoms. The fourth-order valence-corrected chi connectivity index (χ4v) is 6.37. The Morgan fingerprint density at radius 2 is 1.42 bits per heavy atom. The molecular formula is C36H41N3O5S. The Balaban J connectivity index is 1.77. The van der Waals surface area contributed by atoms with E-state index in [1.807, 2.05) is 74.5 Å². The Hall–Kier alpha value is -4.63. The zero-order valence-corrected chi connectivity index (χ0v) is 26.9. The maximum Gasteiger partial charge on any atom is 0.264 e. The summed E-state index contributed by atoms with van der Waals surface area (Å²) >= 11 is 0. The van der Waals surface area contributed by atoms with Crippen LogP contribution >= 0.6 is 0 Å².